The zero-order chi connectivity index (χ0) is 10.6. The standard InChI is InChI=1S/C12H17NS/c1-9(7-13)8-14-12-5-4-10(2)11(3)6-12/h4-6H,1,7-8,13H2,2-3H3. The van der Waals surface area contributed by atoms with Gasteiger partial charge in [0, 0.05) is 17.2 Å². The molecule has 2 heteroatoms. The highest BCUT2D eigenvalue weighted by Gasteiger charge is 1.98. The molecule has 0 saturated carbocycles. The van der Waals surface area contributed by atoms with Crippen LogP contribution in [0.4, 0.5) is 0 Å². The average molecular weight is 207 g/mol. The zero-order valence-electron chi connectivity index (χ0n) is 8.84. The van der Waals surface area contributed by atoms with Crippen LogP contribution in [0.15, 0.2) is 35.2 Å². The van der Waals surface area contributed by atoms with E-state index in [9.17, 15) is 0 Å². The summed E-state index contributed by atoms with van der Waals surface area (Å²) >= 11 is 1.80. The molecule has 0 fully saturated rings. The van der Waals surface area contributed by atoms with E-state index in [1.165, 1.54) is 16.0 Å². The Morgan fingerprint density at radius 1 is 1.36 bits per heavy atom. The van der Waals surface area contributed by atoms with Crippen molar-refractivity contribution in [1.29, 1.82) is 0 Å². The summed E-state index contributed by atoms with van der Waals surface area (Å²) in [4.78, 5) is 1.29. The molecule has 1 rings (SSSR count). The quantitative estimate of drug-likeness (QED) is 0.607. The van der Waals surface area contributed by atoms with E-state index in [-0.39, 0.29) is 0 Å². The van der Waals surface area contributed by atoms with E-state index in [0.717, 1.165) is 11.3 Å². The first-order chi connectivity index (χ1) is 6.63. The van der Waals surface area contributed by atoms with Crippen LogP contribution in [-0.2, 0) is 0 Å². The molecule has 1 aromatic rings. The third kappa shape index (κ3) is 3.20. The number of thioether (sulfide) groups is 1. The Labute approximate surface area is 90.4 Å². The minimum atomic E-state index is 0.581. The van der Waals surface area contributed by atoms with Gasteiger partial charge in [-0.05, 0) is 37.1 Å². The van der Waals surface area contributed by atoms with Crippen LogP contribution in [0.3, 0.4) is 0 Å². The highest BCUT2D eigenvalue weighted by molar-refractivity contribution is 7.99. The van der Waals surface area contributed by atoms with E-state index in [1.54, 1.807) is 11.8 Å². The zero-order valence-corrected chi connectivity index (χ0v) is 9.66. The molecular weight excluding hydrogens is 190 g/mol. The maximum Gasteiger partial charge on any atom is 0.0200 e. The summed E-state index contributed by atoms with van der Waals surface area (Å²) in [7, 11) is 0. The van der Waals surface area contributed by atoms with Crippen LogP contribution < -0.4 is 5.73 Å². The lowest BCUT2D eigenvalue weighted by Crippen LogP contribution is -2.03. The Morgan fingerprint density at radius 3 is 2.64 bits per heavy atom. The second-order valence-electron chi connectivity index (χ2n) is 3.49. The van der Waals surface area contributed by atoms with Crippen molar-refractivity contribution in [2.45, 2.75) is 18.7 Å². The topological polar surface area (TPSA) is 26.0 Å². The van der Waals surface area contributed by atoms with Crippen LogP contribution in [0, 0.1) is 13.8 Å². The highest BCUT2D eigenvalue weighted by atomic mass is 32.2. The molecule has 0 atom stereocenters. The van der Waals surface area contributed by atoms with Crippen molar-refractivity contribution in [3.05, 3.63) is 41.5 Å². The molecule has 14 heavy (non-hydrogen) atoms. The molecule has 1 nitrogen and oxygen atoms in total. The number of nitrogens with two attached hydrogens (primary N) is 1. The number of rotatable bonds is 4. The van der Waals surface area contributed by atoms with Gasteiger partial charge in [-0.3, -0.25) is 0 Å². The molecule has 0 aromatic heterocycles. The smallest absolute Gasteiger partial charge is 0.0200 e. The number of hydrogen-bond acceptors (Lipinski definition) is 2. The molecule has 0 unspecified atom stereocenters. The molecular formula is C12H17NS. The Bertz CT molecular complexity index is 331. The minimum absolute atomic E-state index is 0.581. The predicted octanol–water partition coefficient (Wildman–Crippen LogP) is 2.91. The van der Waals surface area contributed by atoms with E-state index < -0.39 is 0 Å². The van der Waals surface area contributed by atoms with Gasteiger partial charge in [0.15, 0.2) is 0 Å². The van der Waals surface area contributed by atoms with E-state index in [0.29, 0.717) is 6.54 Å². The van der Waals surface area contributed by atoms with Gasteiger partial charge in [0.2, 0.25) is 0 Å². The number of aryl methyl sites for hydroxylation is 2. The van der Waals surface area contributed by atoms with Crippen molar-refractivity contribution >= 4 is 11.8 Å². The van der Waals surface area contributed by atoms with Crippen LogP contribution in [0.25, 0.3) is 0 Å². The SMILES string of the molecule is C=C(CN)CSc1ccc(C)c(C)c1. The highest BCUT2D eigenvalue weighted by Crippen LogP contribution is 2.22. The maximum absolute atomic E-state index is 5.48. The summed E-state index contributed by atoms with van der Waals surface area (Å²) < 4.78 is 0. The van der Waals surface area contributed by atoms with E-state index in [2.05, 4.69) is 38.6 Å². The van der Waals surface area contributed by atoms with Gasteiger partial charge in [-0.25, -0.2) is 0 Å². The lowest BCUT2D eigenvalue weighted by atomic mass is 10.1. The summed E-state index contributed by atoms with van der Waals surface area (Å²) in [5.74, 6) is 0.916. The molecule has 0 bridgehead atoms. The van der Waals surface area contributed by atoms with Crippen molar-refractivity contribution in [2.75, 3.05) is 12.3 Å². The molecule has 2 N–H and O–H groups in total. The van der Waals surface area contributed by atoms with Gasteiger partial charge in [0.1, 0.15) is 0 Å². The van der Waals surface area contributed by atoms with Gasteiger partial charge in [-0.2, -0.15) is 0 Å². The lowest BCUT2D eigenvalue weighted by molar-refractivity contribution is 1.15. The van der Waals surface area contributed by atoms with Crippen LogP contribution in [0.2, 0.25) is 0 Å². The van der Waals surface area contributed by atoms with Crippen molar-refractivity contribution in [1.82, 2.24) is 0 Å². The second kappa shape index (κ2) is 5.23. The molecule has 0 saturated heterocycles. The average Bonchev–Trinajstić information content (AvgIpc) is 2.19. The van der Waals surface area contributed by atoms with Crippen molar-refractivity contribution in [3.8, 4) is 0 Å². The summed E-state index contributed by atoms with van der Waals surface area (Å²) in [6.45, 7) is 8.73. The van der Waals surface area contributed by atoms with E-state index in [1.807, 2.05) is 0 Å². The van der Waals surface area contributed by atoms with Gasteiger partial charge < -0.3 is 5.73 Å². The Kier molecular flexibility index (Phi) is 4.23. The largest absolute Gasteiger partial charge is 0.327 e. The summed E-state index contributed by atoms with van der Waals surface area (Å²) in [5.41, 5.74) is 9.25. The Morgan fingerprint density at radius 2 is 2.07 bits per heavy atom. The van der Waals surface area contributed by atoms with Gasteiger partial charge >= 0.3 is 0 Å². The van der Waals surface area contributed by atoms with Crippen LogP contribution in [0.1, 0.15) is 11.1 Å². The maximum atomic E-state index is 5.48. The molecule has 0 aliphatic heterocycles. The Balaban J connectivity index is 2.60. The van der Waals surface area contributed by atoms with E-state index in [4.69, 9.17) is 5.73 Å². The fraction of sp³-hybridized carbons (Fsp3) is 0.333. The Hall–Kier alpha value is -0.730. The third-order valence-corrected chi connectivity index (χ3v) is 3.35. The molecule has 0 aliphatic rings. The van der Waals surface area contributed by atoms with Gasteiger partial charge in [-0.1, -0.05) is 18.2 Å². The second-order valence-corrected chi connectivity index (χ2v) is 4.54. The normalized spacial score (nSPS) is 10.2. The van der Waals surface area contributed by atoms with Gasteiger partial charge in [-0.15, -0.1) is 11.8 Å². The first-order valence-electron chi connectivity index (χ1n) is 4.70. The van der Waals surface area contributed by atoms with Crippen molar-refractivity contribution in [3.63, 3.8) is 0 Å². The first kappa shape index (κ1) is 11.3. The van der Waals surface area contributed by atoms with Crippen LogP contribution in [-0.4, -0.2) is 12.3 Å². The third-order valence-electron chi connectivity index (χ3n) is 2.21. The molecule has 0 amide bonds. The molecule has 0 heterocycles. The lowest BCUT2D eigenvalue weighted by Gasteiger charge is -2.05. The van der Waals surface area contributed by atoms with Gasteiger partial charge in [0.05, 0.1) is 0 Å². The van der Waals surface area contributed by atoms with Crippen molar-refractivity contribution < 1.29 is 0 Å². The fourth-order valence-corrected chi connectivity index (χ4v) is 1.96. The molecule has 76 valence electrons. The molecule has 0 spiro atoms. The summed E-state index contributed by atoms with van der Waals surface area (Å²) in [6.07, 6.45) is 0. The first-order valence-corrected chi connectivity index (χ1v) is 5.69. The molecule has 0 radical (unpaired) electrons. The summed E-state index contributed by atoms with van der Waals surface area (Å²) in [5, 5.41) is 0. The molecule has 1 aromatic carbocycles. The van der Waals surface area contributed by atoms with Crippen LogP contribution in [0.5, 0.6) is 0 Å². The van der Waals surface area contributed by atoms with Gasteiger partial charge in [0.25, 0.3) is 0 Å². The number of benzene rings is 1. The summed E-state index contributed by atoms with van der Waals surface area (Å²) in [6, 6.07) is 6.52. The fourth-order valence-electron chi connectivity index (χ4n) is 1.05. The number of hydrogen-bond donors (Lipinski definition) is 1. The predicted molar refractivity (Wildman–Crippen MR) is 64.8 cm³/mol. The van der Waals surface area contributed by atoms with Crippen LogP contribution >= 0.6 is 11.8 Å². The minimum Gasteiger partial charge on any atom is -0.327 e. The van der Waals surface area contributed by atoms with E-state index >= 15 is 0 Å². The molecule has 0 aliphatic carbocycles. The monoisotopic (exact) mass is 207 g/mol. The van der Waals surface area contributed by atoms with Crippen molar-refractivity contribution in [2.24, 2.45) is 5.73 Å².